The summed E-state index contributed by atoms with van der Waals surface area (Å²) in [7, 11) is 0. The highest BCUT2D eigenvalue weighted by Gasteiger charge is 2.34. The van der Waals surface area contributed by atoms with Crippen molar-refractivity contribution in [3.63, 3.8) is 0 Å². The second-order valence-corrected chi connectivity index (χ2v) is 6.24. The lowest BCUT2D eigenvalue weighted by atomic mass is 10.0. The van der Waals surface area contributed by atoms with Crippen molar-refractivity contribution in [2.24, 2.45) is 0 Å². The summed E-state index contributed by atoms with van der Waals surface area (Å²) in [4.78, 5) is 14.6. The van der Waals surface area contributed by atoms with Crippen molar-refractivity contribution in [2.45, 2.75) is 32.0 Å². The number of amides is 1. The lowest BCUT2D eigenvalue weighted by molar-refractivity contribution is -0.138. The van der Waals surface area contributed by atoms with Crippen LogP contribution in [0.5, 0.6) is 0 Å². The Balaban J connectivity index is 1.59. The molecular weight excluding hydrogens is 314 g/mol. The van der Waals surface area contributed by atoms with E-state index in [4.69, 9.17) is 0 Å². The first kappa shape index (κ1) is 15.5. The van der Waals surface area contributed by atoms with E-state index in [0.29, 0.717) is 6.54 Å². The summed E-state index contributed by atoms with van der Waals surface area (Å²) in [5.41, 5.74) is 2.36. The SMILES string of the molecule is O=C1Cn2nnnc2C(CCc2ccccc2)N1Cc1ccccc1. The van der Waals surface area contributed by atoms with Crippen LogP contribution in [0.25, 0.3) is 0 Å². The summed E-state index contributed by atoms with van der Waals surface area (Å²) in [5, 5.41) is 11.9. The predicted molar refractivity (Wildman–Crippen MR) is 92.3 cm³/mol. The number of hydrogen-bond donors (Lipinski definition) is 0. The fourth-order valence-corrected chi connectivity index (χ4v) is 3.31. The number of rotatable bonds is 5. The number of carbonyl (C=O) groups excluding carboxylic acids is 1. The molecule has 2 aromatic carbocycles. The Kier molecular flexibility index (Phi) is 4.24. The van der Waals surface area contributed by atoms with Crippen LogP contribution in [0, 0.1) is 0 Å². The average molecular weight is 333 g/mol. The first-order valence-corrected chi connectivity index (χ1v) is 8.44. The van der Waals surface area contributed by atoms with E-state index in [1.807, 2.05) is 53.4 Å². The topological polar surface area (TPSA) is 63.9 Å². The highest BCUT2D eigenvalue weighted by atomic mass is 16.2. The fraction of sp³-hybridized carbons (Fsp3) is 0.263. The molecule has 1 aromatic heterocycles. The van der Waals surface area contributed by atoms with Crippen molar-refractivity contribution in [1.29, 1.82) is 0 Å². The molecule has 6 heteroatoms. The molecule has 3 aromatic rings. The van der Waals surface area contributed by atoms with Crippen molar-refractivity contribution in [1.82, 2.24) is 25.1 Å². The van der Waals surface area contributed by atoms with E-state index in [-0.39, 0.29) is 18.5 Å². The molecule has 1 atom stereocenters. The number of aryl methyl sites for hydroxylation is 1. The maximum Gasteiger partial charge on any atom is 0.245 e. The molecule has 0 bridgehead atoms. The molecule has 6 nitrogen and oxygen atoms in total. The van der Waals surface area contributed by atoms with Gasteiger partial charge in [-0.25, -0.2) is 4.68 Å². The molecule has 0 saturated heterocycles. The zero-order chi connectivity index (χ0) is 17.1. The minimum atomic E-state index is -0.114. The highest BCUT2D eigenvalue weighted by molar-refractivity contribution is 5.77. The van der Waals surface area contributed by atoms with Gasteiger partial charge in [-0.05, 0) is 34.4 Å². The van der Waals surface area contributed by atoms with Crippen LogP contribution in [-0.4, -0.2) is 31.0 Å². The first-order chi connectivity index (χ1) is 12.3. The standard InChI is InChI=1S/C19H19N5O/c25-18-14-24-19(20-21-22-24)17(12-11-15-7-3-1-4-8-15)23(18)13-16-9-5-2-6-10-16/h1-10,17H,11-14H2. The van der Waals surface area contributed by atoms with Crippen LogP contribution in [0.4, 0.5) is 0 Å². The van der Waals surface area contributed by atoms with Gasteiger partial charge in [0, 0.05) is 6.54 Å². The van der Waals surface area contributed by atoms with E-state index in [1.165, 1.54) is 5.56 Å². The Morgan fingerprint density at radius 3 is 2.36 bits per heavy atom. The Morgan fingerprint density at radius 2 is 1.64 bits per heavy atom. The third-order valence-corrected chi connectivity index (χ3v) is 4.58. The van der Waals surface area contributed by atoms with Gasteiger partial charge < -0.3 is 4.90 Å². The molecule has 4 rings (SSSR count). The average Bonchev–Trinajstić information content (AvgIpc) is 3.11. The van der Waals surface area contributed by atoms with Crippen molar-refractivity contribution < 1.29 is 4.79 Å². The first-order valence-electron chi connectivity index (χ1n) is 8.44. The van der Waals surface area contributed by atoms with E-state index in [0.717, 1.165) is 24.2 Å². The van der Waals surface area contributed by atoms with E-state index in [2.05, 4.69) is 27.7 Å². The van der Waals surface area contributed by atoms with Gasteiger partial charge in [-0.15, -0.1) is 5.10 Å². The smallest absolute Gasteiger partial charge is 0.245 e. The molecule has 1 aliphatic rings. The van der Waals surface area contributed by atoms with Gasteiger partial charge in [-0.2, -0.15) is 0 Å². The van der Waals surface area contributed by atoms with E-state index in [1.54, 1.807) is 4.68 Å². The number of benzene rings is 2. The largest absolute Gasteiger partial charge is 0.326 e. The van der Waals surface area contributed by atoms with Gasteiger partial charge in [-0.3, -0.25) is 4.79 Å². The van der Waals surface area contributed by atoms with E-state index >= 15 is 0 Å². The van der Waals surface area contributed by atoms with Crippen molar-refractivity contribution >= 4 is 5.91 Å². The van der Waals surface area contributed by atoms with Crippen LogP contribution in [0.2, 0.25) is 0 Å². The zero-order valence-electron chi connectivity index (χ0n) is 13.8. The summed E-state index contributed by atoms with van der Waals surface area (Å²) in [5.74, 6) is 0.827. The molecule has 1 amide bonds. The Bertz CT molecular complexity index is 847. The number of hydrogen-bond acceptors (Lipinski definition) is 4. The minimum Gasteiger partial charge on any atom is -0.326 e. The molecule has 0 fully saturated rings. The lowest BCUT2D eigenvalue weighted by Gasteiger charge is -2.34. The van der Waals surface area contributed by atoms with Crippen molar-refractivity contribution in [3.8, 4) is 0 Å². The minimum absolute atomic E-state index is 0.0571. The van der Waals surface area contributed by atoms with Crippen LogP contribution in [0.15, 0.2) is 60.7 Å². The van der Waals surface area contributed by atoms with Gasteiger partial charge in [0.05, 0.1) is 6.04 Å². The Labute approximate surface area is 146 Å². The monoisotopic (exact) mass is 333 g/mol. The van der Waals surface area contributed by atoms with E-state index in [9.17, 15) is 4.79 Å². The van der Waals surface area contributed by atoms with Crippen LogP contribution in [0.1, 0.15) is 29.4 Å². The van der Waals surface area contributed by atoms with Crippen LogP contribution in [0.3, 0.4) is 0 Å². The Morgan fingerprint density at radius 1 is 0.960 bits per heavy atom. The Hall–Kier alpha value is -3.02. The predicted octanol–water partition coefficient (Wildman–Crippen LogP) is 2.39. The molecule has 0 aliphatic carbocycles. The van der Waals surface area contributed by atoms with Crippen LogP contribution >= 0.6 is 0 Å². The summed E-state index contributed by atoms with van der Waals surface area (Å²) in [6.45, 7) is 0.781. The van der Waals surface area contributed by atoms with Crippen LogP contribution in [-0.2, 0) is 24.3 Å². The van der Waals surface area contributed by atoms with Gasteiger partial charge in [0.2, 0.25) is 5.91 Å². The van der Waals surface area contributed by atoms with Crippen molar-refractivity contribution in [2.75, 3.05) is 0 Å². The summed E-state index contributed by atoms with van der Waals surface area (Å²) in [6, 6.07) is 20.2. The summed E-state index contributed by atoms with van der Waals surface area (Å²) < 4.78 is 1.62. The maximum absolute atomic E-state index is 12.7. The molecule has 126 valence electrons. The summed E-state index contributed by atoms with van der Waals surface area (Å²) in [6.07, 6.45) is 1.67. The maximum atomic E-state index is 12.7. The number of carbonyl (C=O) groups is 1. The second-order valence-electron chi connectivity index (χ2n) is 6.24. The van der Waals surface area contributed by atoms with Crippen molar-refractivity contribution in [3.05, 3.63) is 77.6 Å². The van der Waals surface area contributed by atoms with Gasteiger partial charge in [0.1, 0.15) is 6.54 Å². The van der Waals surface area contributed by atoms with Gasteiger partial charge in [0.25, 0.3) is 0 Å². The third kappa shape index (κ3) is 3.28. The van der Waals surface area contributed by atoms with E-state index < -0.39 is 0 Å². The van der Waals surface area contributed by atoms with Gasteiger partial charge in [0.15, 0.2) is 5.82 Å². The van der Waals surface area contributed by atoms with Crippen LogP contribution < -0.4 is 0 Å². The third-order valence-electron chi connectivity index (χ3n) is 4.58. The fourth-order valence-electron chi connectivity index (χ4n) is 3.31. The molecule has 2 heterocycles. The van der Waals surface area contributed by atoms with Gasteiger partial charge in [-0.1, -0.05) is 60.7 Å². The number of tetrazole rings is 1. The normalized spacial score (nSPS) is 16.7. The number of fused-ring (bicyclic) bond motifs is 1. The molecule has 0 saturated carbocycles. The second kappa shape index (κ2) is 6.84. The highest BCUT2D eigenvalue weighted by Crippen LogP contribution is 2.29. The molecule has 1 unspecified atom stereocenters. The quantitative estimate of drug-likeness (QED) is 0.719. The number of aromatic nitrogens is 4. The molecule has 1 aliphatic heterocycles. The zero-order valence-corrected chi connectivity index (χ0v) is 13.8. The summed E-state index contributed by atoms with van der Waals surface area (Å²) >= 11 is 0. The molecular formula is C19H19N5O. The molecule has 0 radical (unpaired) electrons. The lowest BCUT2D eigenvalue weighted by Crippen LogP contribution is -2.43. The number of nitrogens with zero attached hydrogens (tertiary/aromatic N) is 5. The molecule has 0 spiro atoms. The molecule has 25 heavy (non-hydrogen) atoms. The molecule has 0 N–H and O–H groups in total. The van der Waals surface area contributed by atoms with Gasteiger partial charge >= 0.3 is 0 Å².